The zero-order chi connectivity index (χ0) is 21.0. The maximum absolute atomic E-state index is 13.0. The summed E-state index contributed by atoms with van der Waals surface area (Å²) >= 11 is 0. The van der Waals surface area contributed by atoms with Crippen LogP contribution >= 0.6 is 0 Å². The molecular weight excluding hydrogens is 380 g/mol. The highest BCUT2D eigenvalue weighted by Gasteiger charge is 2.63. The van der Waals surface area contributed by atoms with Gasteiger partial charge in [0.1, 0.15) is 18.0 Å². The zero-order valence-electron chi connectivity index (χ0n) is 17.4. The molecule has 5 nitrogen and oxygen atoms in total. The molecule has 0 spiro atoms. The van der Waals surface area contributed by atoms with E-state index in [2.05, 4.69) is 6.92 Å². The first-order valence-corrected chi connectivity index (χ1v) is 11.1. The summed E-state index contributed by atoms with van der Waals surface area (Å²) in [6.07, 6.45) is 2.60. The molecule has 2 saturated carbocycles. The molecule has 1 saturated heterocycles. The van der Waals surface area contributed by atoms with Gasteiger partial charge in [-0.1, -0.05) is 44.2 Å². The Morgan fingerprint density at radius 1 is 1.20 bits per heavy atom. The van der Waals surface area contributed by atoms with E-state index < -0.39 is 0 Å². The number of phenols is 1. The molecule has 158 valence electrons. The highest BCUT2D eigenvalue weighted by molar-refractivity contribution is 5.91. The molecule has 2 bridgehead atoms. The topological polar surface area (TPSA) is 72.8 Å². The Bertz CT molecular complexity index is 998. The zero-order valence-corrected chi connectivity index (χ0v) is 17.4. The van der Waals surface area contributed by atoms with E-state index >= 15 is 0 Å². The minimum absolute atomic E-state index is 0.0275. The second kappa shape index (κ2) is 7.29. The van der Waals surface area contributed by atoms with Crippen LogP contribution in [0, 0.1) is 23.7 Å². The average Bonchev–Trinajstić information content (AvgIpc) is 3.37. The third-order valence-corrected chi connectivity index (χ3v) is 7.60. The Kier molecular flexibility index (Phi) is 4.72. The fourth-order valence-corrected chi connectivity index (χ4v) is 6.01. The number of carbonyl (C=O) groups excluding carboxylic acids is 2. The minimum atomic E-state index is -0.274. The van der Waals surface area contributed by atoms with Crippen LogP contribution in [-0.4, -0.2) is 29.3 Å². The largest absolute Gasteiger partial charge is 0.507 e. The third-order valence-electron chi connectivity index (χ3n) is 7.60. The summed E-state index contributed by atoms with van der Waals surface area (Å²) in [4.78, 5) is 25.0. The molecule has 5 rings (SSSR count). The smallest absolute Gasteiger partial charge is 0.309 e. The van der Waals surface area contributed by atoms with E-state index in [1.165, 1.54) is 0 Å². The lowest BCUT2D eigenvalue weighted by atomic mass is 9.85. The molecule has 3 aliphatic rings. The summed E-state index contributed by atoms with van der Waals surface area (Å²) in [7, 11) is 0. The highest BCUT2D eigenvalue weighted by Crippen LogP contribution is 2.55. The number of fused-ring (bicyclic) bond motifs is 2. The van der Waals surface area contributed by atoms with Crippen molar-refractivity contribution in [2.75, 3.05) is 0 Å². The summed E-state index contributed by atoms with van der Waals surface area (Å²) in [6.45, 7) is 4.13. The number of aromatic hydroxyl groups is 1. The van der Waals surface area contributed by atoms with Crippen molar-refractivity contribution >= 4 is 22.7 Å². The van der Waals surface area contributed by atoms with Crippen LogP contribution in [0.3, 0.4) is 0 Å². The number of hydrogen-bond acceptors (Lipinski definition) is 5. The first kappa shape index (κ1) is 19.4. The van der Waals surface area contributed by atoms with Gasteiger partial charge >= 0.3 is 11.9 Å². The quantitative estimate of drug-likeness (QED) is 0.710. The van der Waals surface area contributed by atoms with Gasteiger partial charge in [-0.3, -0.25) is 9.59 Å². The molecule has 5 heteroatoms. The second-order valence-corrected chi connectivity index (χ2v) is 9.27. The van der Waals surface area contributed by atoms with Crippen LogP contribution in [0.25, 0.3) is 10.8 Å². The monoisotopic (exact) mass is 408 g/mol. The molecule has 30 heavy (non-hydrogen) atoms. The highest BCUT2D eigenvalue weighted by atomic mass is 16.6. The van der Waals surface area contributed by atoms with Crippen molar-refractivity contribution in [2.45, 2.75) is 57.7 Å². The van der Waals surface area contributed by atoms with Gasteiger partial charge in [0, 0.05) is 17.2 Å². The molecule has 2 aromatic carbocycles. The molecule has 0 amide bonds. The van der Waals surface area contributed by atoms with Crippen molar-refractivity contribution in [2.24, 2.45) is 23.7 Å². The summed E-state index contributed by atoms with van der Waals surface area (Å²) in [5, 5.41) is 12.0. The van der Waals surface area contributed by atoms with E-state index in [9.17, 15) is 14.7 Å². The maximum Gasteiger partial charge on any atom is 0.309 e. The summed E-state index contributed by atoms with van der Waals surface area (Å²) in [5.74, 6) is 0.448. The number of ether oxygens (including phenoxy) is 2. The summed E-state index contributed by atoms with van der Waals surface area (Å²) in [6, 6.07) is 11.5. The number of benzene rings is 2. The summed E-state index contributed by atoms with van der Waals surface area (Å²) in [5.41, 5.74) is 1.13. The number of hydrogen-bond donors (Lipinski definition) is 1. The maximum atomic E-state index is 13.0. The van der Waals surface area contributed by atoms with Gasteiger partial charge in [0.05, 0.1) is 11.8 Å². The molecule has 1 aliphatic heterocycles. The first-order valence-electron chi connectivity index (χ1n) is 11.1. The number of carbonyl (C=O) groups is 2. The normalized spacial score (nSPS) is 31.0. The van der Waals surface area contributed by atoms with Crippen LogP contribution < -0.4 is 0 Å². The standard InChI is InChI=1S/C25H28O5/c1-3-14(10-13(2)16-8-9-21(26)18-7-5-4-6-17(16)18)24(27)29-22-15-11-19-20(12-15)25(28)30-23(19)22/h4-9,13-15,19-20,22-23,26H,3,10-12H2,1-2H3. The fraction of sp³-hybridized carbons (Fsp3) is 0.520. The molecular formula is C25H28O5. The molecule has 0 radical (unpaired) electrons. The lowest BCUT2D eigenvalue weighted by molar-refractivity contribution is -0.166. The molecule has 3 fully saturated rings. The van der Waals surface area contributed by atoms with Gasteiger partial charge in [0.2, 0.25) is 0 Å². The predicted octanol–water partition coefficient (Wildman–Crippen LogP) is 4.56. The fourth-order valence-electron chi connectivity index (χ4n) is 6.01. The lowest BCUT2D eigenvalue weighted by Gasteiger charge is -2.28. The van der Waals surface area contributed by atoms with E-state index in [-0.39, 0.29) is 59.5 Å². The molecule has 0 aromatic heterocycles. The minimum Gasteiger partial charge on any atom is -0.507 e. The number of esters is 2. The van der Waals surface area contributed by atoms with E-state index in [0.29, 0.717) is 12.8 Å². The van der Waals surface area contributed by atoms with Crippen LogP contribution in [-0.2, 0) is 19.1 Å². The van der Waals surface area contributed by atoms with Gasteiger partial charge in [-0.2, -0.15) is 0 Å². The summed E-state index contributed by atoms with van der Waals surface area (Å²) < 4.78 is 11.5. The number of phenolic OH excluding ortho intramolecular Hbond substituents is 1. The van der Waals surface area contributed by atoms with Gasteiger partial charge in [-0.05, 0) is 48.6 Å². The van der Waals surface area contributed by atoms with Crippen LogP contribution in [0.2, 0.25) is 0 Å². The second-order valence-electron chi connectivity index (χ2n) is 9.27. The Morgan fingerprint density at radius 3 is 2.73 bits per heavy atom. The molecule has 2 aromatic rings. The molecule has 7 atom stereocenters. The van der Waals surface area contributed by atoms with Crippen molar-refractivity contribution in [3.05, 3.63) is 42.0 Å². The molecule has 1 N–H and O–H groups in total. The van der Waals surface area contributed by atoms with Crippen LogP contribution in [0.5, 0.6) is 5.75 Å². The molecule has 7 unspecified atom stereocenters. The predicted molar refractivity (Wildman–Crippen MR) is 112 cm³/mol. The van der Waals surface area contributed by atoms with Crippen molar-refractivity contribution in [3.63, 3.8) is 0 Å². The van der Waals surface area contributed by atoms with E-state index in [1.807, 2.05) is 37.3 Å². The van der Waals surface area contributed by atoms with E-state index in [1.54, 1.807) is 6.07 Å². The van der Waals surface area contributed by atoms with Crippen LogP contribution in [0.15, 0.2) is 36.4 Å². The average molecular weight is 408 g/mol. The Labute approximate surface area is 176 Å². The first-order chi connectivity index (χ1) is 14.5. The van der Waals surface area contributed by atoms with Gasteiger partial charge in [-0.25, -0.2) is 0 Å². The third kappa shape index (κ3) is 2.98. The Balaban J connectivity index is 1.30. The van der Waals surface area contributed by atoms with Gasteiger partial charge in [-0.15, -0.1) is 0 Å². The Hall–Kier alpha value is -2.56. The Morgan fingerprint density at radius 2 is 1.97 bits per heavy atom. The van der Waals surface area contributed by atoms with Gasteiger partial charge in [0.25, 0.3) is 0 Å². The molecule has 1 heterocycles. The van der Waals surface area contributed by atoms with Gasteiger partial charge < -0.3 is 14.6 Å². The molecule has 2 aliphatic carbocycles. The van der Waals surface area contributed by atoms with Crippen molar-refractivity contribution in [1.82, 2.24) is 0 Å². The van der Waals surface area contributed by atoms with Crippen molar-refractivity contribution < 1.29 is 24.2 Å². The van der Waals surface area contributed by atoms with E-state index in [0.717, 1.165) is 29.2 Å². The van der Waals surface area contributed by atoms with Crippen LogP contribution in [0.4, 0.5) is 0 Å². The number of rotatable bonds is 6. The van der Waals surface area contributed by atoms with Gasteiger partial charge in [0.15, 0.2) is 0 Å². The van der Waals surface area contributed by atoms with Crippen LogP contribution in [0.1, 0.15) is 51.0 Å². The van der Waals surface area contributed by atoms with Crippen molar-refractivity contribution in [1.29, 1.82) is 0 Å². The lowest BCUT2D eigenvalue weighted by Crippen LogP contribution is -2.37. The van der Waals surface area contributed by atoms with E-state index in [4.69, 9.17) is 9.47 Å². The SMILES string of the molecule is CCC(CC(C)c1ccc(O)c2ccccc12)C(=O)OC1C2CC3C(=O)OC1C3C2. The van der Waals surface area contributed by atoms with Crippen molar-refractivity contribution in [3.8, 4) is 5.75 Å².